The molecule has 1 saturated heterocycles. The predicted octanol–water partition coefficient (Wildman–Crippen LogP) is 1.45. The summed E-state index contributed by atoms with van der Waals surface area (Å²) in [6.07, 6.45) is 4.11. The lowest BCUT2D eigenvalue weighted by Gasteiger charge is -2.26. The van der Waals surface area contributed by atoms with E-state index in [2.05, 4.69) is 22.1 Å². The zero-order chi connectivity index (χ0) is 13.7. The van der Waals surface area contributed by atoms with E-state index in [9.17, 15) is 4.79 Å². The van der Waals surface area contributed by atoms with Crippen molar-refractivity contribution in [1.82, 2.24) is 10.3 Å². The van der Waals surface area contributed by atoms with Crippen LogP contribution in [0.3, 0.4) is 0 Å². The van der Waals surface area contributed by atoms with Crippen molar-refractivity contribution in [1.29, 1.82) is 0 Å². The third-order valence-corrected chi connectivity index (χ3v) is 3.49. The fraction of sp³-hybridized carbons (Fsp3) is 0.571. The summed E-state index contributed by atoms with van der Waals surface area (Å²) in [5, 5.41) is 3.49. The fourth-order valence-electron chi connectivity index (χ4n) is 2.43. The number of likely N-dealkylation sites (N-methyl/N-ethyl adjacent to an activating group) is 1. The molecule has 2 rings (SSSR count). The van der Waals surface area contributed by atoms with Crippen molar-refractivity contribution >= 4 is 11.7 Å². The van der Waals surface area contributed by atoms with Gasteiger partial charge in [-0.25, -0.2) is 9.78 Å². The molecule has 0 spiro atoms. The zero-order valence-corrected chi connectivity index (χ0v) is 11.6. The number of esters is 1. The maximum atomic E-state index is 11.5. The molecule has 1 aromatic heterocycles. The van der Waals surface area contributed by atoms with Crippen molar-refractivity contribution in [2.24, 2.45) is 0 Å². The summed E-state index contributed by atoms with van der Waals surface area (Å²) in [5.41, 5.74) is 1.38. The van der Waals surface area contributed by atoms with Crippen molar-refractivity contribution in [3.8, 4) is 0 Å². The van der Waals surface area contributed by atoms with Crippen LogP contribution in [0.1, 0.15) is 30.3 Å². The van der Waals surface area contributed by atoms with Crippen LogP contribution in [-0.4, -0.2) is 43.7 Å². The first-order valence-electron chi connectivity index (χ1n) is 6.77. The molecule has 1 fully saturated rings. The number of hydrogen-bond acceptors (Lipinski definition) is 5. The monoisotopic (exact) mass is 263 g/mol. The van der Waals surface area contributed by atoms with Gasteiger partial charge < -0.3 is 15.0 Å². The molecule has 1 aliphatic rings. The summed E-state index contributed by atoms with van der Waals surface area (Å²) in [7, 11) is 1.37. The van der Waals surface area contributed by atoms with Gasteiger partial charge in [0.15, 0.2) is 0 Å². The van der Waals surface area contributed by atoms with Gasteiger partial charge in [-0.05, 0) is 38.4 Å². The summed E-state index contributed by atoms with van der Waals surface area (Å²) in [4.78, 5) is 17.8. The number of carbonyl (C=O) groups is 1. The van der Waals surface area contributed by atoms with Crippen molar-refractivity contribution in [3.63, 3.8) is 0 Å². The Hall–Kier alpha value is -1.62. The van der Waals surface area contributed by atoms with Gasteiger partial charge in [0.1, 0.15) is 5.69 Å². The van der Waals surface area contributed by atoms with Gasteiger partial charge in [0.25, 0.3) is 0 Å². The van der Waals surface area contributed by atoms with Crippen LogP contribution in [-0.2, 0) is 4.74 Å². The summed E-state index contributed by atoms with van der Waals surface area (Å²) in [6, 6.07) is 4.27. The first-order valence-corrected chi connectivity index (χ1v) is 6.77. The third kappa shape index (κ3) is 3.44. The quantitative estimate of drug-likeness (QED) is 0.815. The van der Waals surface area contributed by atoms with E-state index in [0.717, 1.165) is 25.3 Å². The Bertz CT molecular complexity index is 430. The number of methoxy groups -OCH3 is 1. The highest BCUT2D eigenvalue weighted by atomic mass is 16.5. The molecule has 104 valence electrons. The molecule has 19 heavy (non-hydrogen) atoms. The van der Waals surface area contributed by atoms with Gasteiger partial charge in [-0.3, -0.25) is 0 Å². The number of nitrogens with one attached hydrogen (secondary N) is 1. The Morgan fingerprint density at radius 2 is 2.47 bits per heavy atom. The van der Waals surface area contributed by atoms with Gasteiger partial charge in [-0.2, -0.15) is 0 Å². The molecule has 5 heteroatoms. The number of carbonyl (C=O) groups excluding carboxylic acids is 1. The number of aromatic nitrogens is 1. The van der Waals surface area contributed by atoms with Crippen LogP contribution in [0.2, 0.25) is 0 Å². The van der Waals surface area contributed by atoms with Crippen LogP contribution >= 0.6 is 0 Å². The van der Waals surface area contributed by atoms with Crippen LogP contribution in [0, 0.1) is 0 Å². The van der Waals surface area contributed by atoms with E-state index < -0.39 is 5.97 Å². The summed E-state index contributed by atoms with van der Waals surface area (Å²) < 4.78 is 4.71. The molecule has 1 N–H and O–H groups in total. The molecule has 1 unspecified atom stereocenters. The van der Waals surface area contributed by atoms with Crippen LogP contribution in [0.25, 0.3) is 0 Å². The molecular weight excluding hydrogens is 242 g/mol. The summed E-state index contributed by atoms with van der Waals surface area (Å²) >= 11 is 0. The Balaban J connectivity index is 2.10. The van der Waals surface area contributed by atoms with E-state index in [0.29, 0.717) is 11.7 Å². The van der Waals surface area contributed by atoms with Gasteiger partial charge >= 0.3 is 5.97 Å². The lowest BCUT2D eigenvalue weighted by molar-refractivity contribution is 0.0594. The fourth-order valence-corrected chi connectivity index (χ4v) is 2.43. The van der Waals surface area contributed by atoms with E-state index >= 15 is 0 Å². The van der Waals surface area contributed by atoms with Crippen molar-refractivity contribution in [2.45, 2.75) is 25.8 Å². The Kier molecular flexibility index (Phi) is 4.74. The van der Waals surface area contributed by atoms with Crippen LogP contribution in [0.4, 0.5) is 5.69 Å². The molecule has 0 aromatic carbocycles. The van der Waals surface area contributed by atoms with E-state index in [1.54, 1.807) is 12.3 Å². The minimum Gasteiger partial charge on any atom is -0.464 e. The minimum absolute atomic E-state index is 0.359. The Morgan fingerprint density at radius 3 is 3.11 bits per heavy atom. The number of pyridine rings is 1. The Morgan fingerprint density at radius 1 is 1.63 bits per heavy atom. The molecule has 0 aliphatic carbocycles. The van der Waals surface area contributed by atoms with E-state index in [1.165, 1.54) is 20.0 Å². The van der Waals surface area contributed by atoms with Crippen LogP contribution < -0.4 is 10.2 Å². The number of hydrogen-bond donors (Lipinski definition) is 1. The molecule has 0 saturated carbocycles. The van der Waals surface area contributed by atoms with Gasteiger partial charge in [0, 0.05) is 31.0 Å². The molecular formula is C14H21N3O2. The minimum atomic E-state index is -0.392. The van der Waals surface area contributed by atoms with E-state index in [4.69, 9.17) is 4.74 Å². The largest absolute Gasteiger partial charge is 0.464 e. The molecule has 5 nitrogen and oxygen atoms in total. The van der Waals surface area contributed by atoms with Gasteiger partial charge in [0.2, 0.25) is 0 Å². The second kappa shape index (κ2) is 6.52. The van der Waals surface area contributed by atoms with Crippen molar-refractivity contribution in [2.75, 3.05) is 31.6 Å². The van der Waals surface area contributed by atoms with Crippen molar-refractivity contribution in [3.05, 3.63) is 24.0 Å². The maximum Gasteiger partial charge on any atom is 0.356 e. The molecule has 1 atom stereocenters. The molecule has 0 bridgehead atoms. The van der Waals surface area contributed by atoms with E-state index in [1.807, 2.05) is 6.07 Å². The van der Waals surface area contributed by atoms with Gasteiger partial charge in [0.05, 0.1) is 7.11 Å². The number of rotatable bonds is 5. The molecule has 1 aliphatic heterocycles. The number of anilines is 1. The molecule has 1 aromatic rings. The maximum absolute atomic E-state index is 11.5. The van der Waals surface area contributed by atoms with Crippen molar-refractivity contribution < 1.29 is 9.53 Å². The molecule has 2 heterocycles. The standard InChI is InChI=1S/C14H21N3O2/c1-3-17(10-11-5-4-7-15-11)12-6-8-16-13(9-12)14(18)19-2/h6,8-9,11,15H,3-5,7,10H2,1-2H3. The average molecular weight is 263 g/mol. The zero-order valence-electron chi connectivity index (χ0n) is 11.6. The van der Waals surface area contributed by atoms with E-state index in [-0.39, 0.29) is 0 Å². The number of nitrogens with zero attached hydrogens (tertiary/aromatic N) is 2. The smallest absolute Gasteiger partial charge is 0.356 e. The van der Waals surface area contributed by atoms with Crippen LogP contribution in [0.15, 0.2) is 18.3 Å². The molecule has 0 amide bonds. The SMILES string of the molecule is CCN(CC1CCCN1)c1ccnc(C(=O)OC)c1. The first-order chi connectivity index (χ1) is 9.24. The number of ether oxygens (including phenoxy) is 1. The highest BCUT2D eigenvalue weighted by Crippen LogP contribution is 2.17. The average Bonchev–Trinajstić information content (AvgIpc) is 2.97. The Labute approximate surface area is 114 Å². The first kappa shape index (κ1) is 13.8. The normalized spacial score (nSPS) is 18.3. The lowest BCUT2D eigenvalue weighted by Crippen LogP contribution is -2.37. The third-order valence-electron chi connectivity index (χ3n) is 3.49. The summed E-state index contributed by atoms with van der Waals surface area (Å²) in [6.45, 7) is 5.09. The highest BCUT2D eigenvalue weighted by molar-refractivity contribution is 5.88. The van der Waals surface area contributed by atoms with Crippen LogP contribution in [0.5, 0.6) is 0 Å². The van der Waals surface area contributed by atoms with Gasteiger partial charge in [-0.1, -0.05) is 0 Å². The van der Waals surface area contributed by atoms with Gasteiger partial charge in [-0.15, -0.1) is 0 Å². The second-order valence-electron chi connectivity index (χ2n) is 4.72. The molecule has 0 radical (unpaired) electrons. The lowest BCUT2D eigenvalue weighted by atomic mass is 10.2. The topological polar surface area (TPSA) is 54.5 Å². The predicted molar refractivity (Wildman–Crippen MR) is 74.5 cm³/mol. The highest BCUT2D eigenvalue weighted by Gasteiger charge is 2.18. The summed E-state index contributed by atoms with van der Waals surface area (Å²) in [5.74, 6) is -0.392. The second-order valence-corrected chi connectivity index (χ2v) is 4.72.